The Hall–Kier alpha value is -3.47. The summed E-state index contributed by atoms with van der Waals surface area (Å²) in [4.78, 5) is 19.8. The van der Waals surface area contributed by atoms with Crippen LogP contribution in [0.15, 0.2) is 73.1 Å². The van der Waals surface area contributed by atoms with Gasteiger partial charge in [-0.2, -0.15) is 5.10 Å². The lowest BCUT2D eigenvalue weighted by Crippen LogP contribution is -2.39. The van der Waals surface area contributed by atoms with Crippen LogP contribution in [0.4, 0.5) is 0 Å². The fourth-order valence-corrected chi connectivity index (χ4v) is 4.30. The van der Waals surface area contributed by atoms with Crippen molar-refractivity contribution in [2.24, 2.45) is 0 Å². The van der Waals surface area contributed by atoms with Crippen LogP contribution in [0.25, 0.3) is 22.0 Å². The minimum absolute atomic E-state index is 0.0553. The molecule has 5 rings (SSSR count). The lowest BCUT2D eigenvalue weighted by atomic mass is 9.90. The Labute approximate surface area is 169 Å². The molecule has 3 heterocycles. The van der Waals surface area contributed by atoms with Crippen LogP contribution in [-0.4, -0.2) is 39.1 Å². The molecule has 1 N–H and O–H groups in total. The van der Waals surface area contributed by atoms with Gasteiger partial charge in [-0.3, -0.25) is 14.9 Å². The van der Waals surface area contributed by atoms with Gasteiger partial charge in [-0.1, -0.05) is 48.5 Å². The van der Waals surface area contributed by atoms with Crippen molar-refractivity contribution in [3.63, 3.8) is 0 Å². The van der Waals surface area contributed by atoms with Crippen molar-refractivity contribution in [1.29, 1.82) is 0 Å². The summed E-state index contributed by atoms with van der Waals surface area (Å²) >= 11 is 0. The van der Waals surface area contributed by atoms with Gasteiger partial charge in [0.2, 0.25) is 0 Å². The fourth-order valence-electron chi connectivity index (χ4n) is 4.30. The highest BCUT2D eigenvalue weighted by atomic mass is 16.2. The Morgan fingerprint density at radius 1 is 1.03 bits per heavy atom. The molecule has 1 amide bonds. The van der Waals surface area contributed by atoms with E-state index in [2.05, 4.69) is 27.3 Å². The Kier molecular flexibility index (Phi) is 4.56. The number of carbonyl (C=O) groups is 1. The molecule has 1 aliphatic heterocycles. The second kappa shape index (κ2) is 7.51. The van der Waals surface area contributed by atoms with Crippen LogP contribution in [0.3, 0.4) is 0 Å². The number of amides is 1. The molecule has 0 aliphatic carbocycles. The maximum atomic E-state index is 13.3. The smallest absolute Gasteiger partial charge is 0.256 e. The normalized spacial score (nSPS) is 16.8. The van der Waals surface area contributed by atoms with Crippen LogP contribution in [-0.2, 0) is 0 Å². The second-order valence-corrected chi connectivity index (χ2v) is 7.53. The predicted molar refractivity (Wildman–Crippen MR) is 114 cm³/mol. The van der Waals surface area contributed by atoms with Gasteiger partial charge in [0, 0.05) is 41.8 Å². The molecule has 0 spiro atoms. The van der Waals surface area contributed by atoms with Gasteiger partial charge in [-0.05, 0) is 30.5 Å². The van der Waals surface area contributed by atoms with Crippen LogP contribution in [0.1, 0.15) is 34.8 Å². The molecule has 5 nitrogen and oxygen atoms in total. The minimum atomic E-state index is 0.0553. The van der Waals surface area contributed by atoms with E-state index in [4.69, 9.17) is 0 Å². The molecule has 2 aromatic carbocycles. The molecule has 1 aliphatic rings. The number of likely N-dealkylation sites (tertiary alicyclic amines) is 1. The number of pyridine rings is 1. The lowest BCUT2D eigenvalue weighted by Gasteiger charge is -2.33. The first-order chi connectivity index (χ1) is 14.3. The van der Waals surface area contributed by atoms with Gasteiger partial charge in [0.15, 0.2) is 0 Å². The highest BCUT2D eigenvalue weighted by Gasteiger charge is 2.29. The maximum Gasteiger partial charge on any atom is 0.256 e. The molecule has 5 heteroatoms. The fraction of sp³-hybridized carbons (Fsp3) is 0.208. The number of H-pyrrole nitrogens is 1. The van der Waals surface area contributed by atoms with Gasteiger partial charge in [0.05, 0.1) is 17.3 Å². The number of nitrogens with one attached hydrogen (secondary N) is 1. The Morgan fingerprint density at radius 3 is 2.79 bits per heavy atom. The van der Waals surface area contributed by atoms with Crippen LogP contribution >= 0.6 is 0 Å². The summed E-state index contributed by atoms with van der Waals surface area (Å²) in [6.07, 6.45) is 5.65. The number of fused-ring (bicyclic) bond motifs is 1. The molecule has 0 bridgehead atoms. The zero-order valence-corrected chi connectivity index (χ0v) is 16.1. The number of nitrogens with zero attached hydrogens (tertiary/aromatic N) is 3. The van der Waals surface area contributed by atoms with Gasteiger partial charge in [0.1, 0.15) is 0 Å². The molecule has 0 radical (unpaired) electrons. The number of hydrogen-bond donors (Lipinski definition) is 1. The van der Waals surface area contributed by atoms with Crippen molar-refractivity contribution in [1.82, 2.24) is 20.1 Å². The number of aromatic nitrogens is 3. The van der Waals surface area contributed by atoms with Gasteiger partial charge < -0.3 is 4.90 Å². The van der Waals surface area contributed by atoms with Crippen molar-refractivity contribution in [3.8, 4) is 11.1 Å². The van der Waals surface area contributed by atoms with Crippen molar-refractivity contribution in [3.05, 3.63) is 84.3 Å². The third-order valence-electron chi connectivity index (χ3n) is 5.73. The molecule has 1 saturated heterocycles. The second-order valence-electron chi connectivity index (χ2n) is 7.53. The average Bonchev–Trinajstić information content (AvgIpc) is 3.29. The van der Waals surface area contributed by atoms with E-state index in [0.717, 1.165) is 47.1 Å². The summed E-state index contributed by atoms with van der Waals surface area (Å²) in [7, 11) is 0. The third kappa shape index (κ3) is 3.29. The summed E-state index contributed by atoms with van der Waals surface area (Å²) in [5.74, 6) is 0.299. The van der Waals surface area contributed by atoms with Gasteiger partial charge in [-0.15, -0.1) is 0 Å². The first-order valence-electron chi connectivity index (χ1n) is 10.0. The Balaban J connectivity index is 1.43. The van der Waals surface area contributed by atoms with Gasteiger partial charge >= 0.3 is 0 Å². The molecule has 29 heavy (non-hydrogen) atoms. The number of rotatable bonds is 3. The maximum absolute atomic E-state index is 13.3. The number of hydrogen-bond acceptors (Lipinski definition) is 3. The van der Waals surface area contributed by atoms with E-state index < -0.39 is 0 Å². The lowest BCUT2D eigenvalue weighted by molar-refractivity contribution is 0.0708. The predicted octanol–water partition coefficient (Wildman–Crippen LogP) is 4.64. The first kappa shape index (κ1) is 17.6. The Bertz CT molecular complexity index is 1150. The van der Waals surface area contributed by atoms with Crippen molar-refractivity contribution >= 4 is 16.8 Å². The van der Waals surface area contributed by atoms with Gasteiger partial charge in [0.25, 0.3) is 5.91 Å². The Morgan fingerprint density at radius 2 is 1.90 bits per heavy atom. The minimum Gasteiger partial charge on any atom is -0.338 e. The van der Waals surface area contributed by atoms with Crippen LogP contribution < -0.4 is 0 Å². The number of para-hydroxylation sites is 1. The quantitative estimate of drug-likeness (QED) is 0.561. The zero-order valence-electron chi connectivity index (χ0n) is 16.1. The van der Waals surface area contributed by atoms with E-state index in [1.807, 2.05) is 59.6 Å². The van der Waals surface area contributed by atoms with Gasteiger partial charge in [-0.25, -0.2) is 0 Å². The molecule has 1 unspecified atom stereocenters. The molecular formula is C24H22N4O. The van der Waals surface area contributed by atoms with E-state index in [1.54, 1.807) is 6.20 Å². The SMILES string of the molecule is O=C(c1cccc2cccnc12)N1CCCC(c2[nH]ncc2-c2ccccc2)C1. The molecule has 144 valence electrons. The highest BCUT2D eigenvalue weighted by Crippen LogP contribution is 2.33. The van der Waals surface area contributed by atoms with E-state index in [0.29, 0.717) is 12.1 Å². The van der Waals surface area contributed by atoms with E-state index in [-0.39, 0.29) is 11.8 Å². The molecule has 0 saturated carbocycles. The number of piperidine rings is 1. The van der Waals surface area contributed by atoms with E-state index in [9.17, 15) is 4.79 Å². The average molecular weight is 382 g/mol. The summed E-state index contributed by atoms with van der Waals surface area (Å²) < 4.78 is 0. The van der Waals surface area contributed by atoms with Crippen LogP contribution in [0.2, 0.25) is 0 Å². The zero-order chi connectivity index (χ0) is 19.6. The number of carbonyl (C=O) groups excluding carboxylic acids is 1. The largest absolute Gasteiger partial charge is 0.338 e. The van der Waals surface area contributed by atoms with Crippen LogP contribution in [0.5, 0.6) is 0 Å². The summed E-state index contributed by atoms with van der Waals surface area (Å²) in [5.41, 5.74) is 4.84. The monoisotopic (exact) mass is 382 g/mol. The third-order valence-corrected chi connectivity index (χ3v) is 5.73. The topological polar surface area (TPSA) is 61.9 Å². The first-order valence-corrected chi connectivity index (χ1v) is 10.0. The van der Waals surface area contributed by atoms with Crippen molar-refractivity contribution < 1.29 is 4.79 Å². The van der Waals surface area contributed by atoms with Crippen LogP contribution in [0, 0.1) is 0 Å². The highest BCUT2D eigenvalue weighted by molar-refractivity contribution is 6.05. The molecule has 1 fully saturated rings. The summed E-state index contributed by atoms with van der Waals surface area (Å²) in [5, 5.41) is 8.50. The van der Waals surface area contributed by atoms with E-state index in [1.165, 1.54) is 0 Å². The molecular weight excluding hydrogens is 360 g/mol. The molecule has 4 aromatic rings. The van der Waals surface area contributed by atoms with E-state index >= 15 is 0 Å². The molecule has 2 aromatic heterocycles. The summed E-state index contributed by atoms with van der Waals surface area (Å²) in [6.45, 7) is 1.46. The van der Waals surface area contributed by atoms with Crippen molar-refractivity contribution in [2.45, 2.75) is 18.8 Å². The number of aromatic amines is 1. The van der Waals surface area contributed by atoms with Crippen molar-refractivity contribution in [2.75, 3.05) is 13.1 Å². The summed E-state index contributed by atoms with van der Waals surface area (Å²) in [6, 6.07) is 20.0. The molecule has 1 atom stereocenters. The number of benzene rings is 2. The standard InChI is InChI=1S/C24H22N4O/c29-24(20-12-4-9-18-10-5-13-25-22(18)20)28-14-6-11-19(16-28)23-21(15-26-27-23)17-7-2-1-3-8-17/h1-5,7-10,12-13,15,19H,6,11,14,16H2,(H,26,27).